The molecule has 0 fully saturated rings. The van der Waals surface area contributed by atoms with Gasteiger partial charge in [0.15, 0.2) is 0 Å². The zero-order valence-corrected chi connectivity index (χ0v) is 20.8. The Balaban J connectivity index is 1.60. The van der Waals surface area contributed by atoms with E-state index in [0.29, 0.717) is 0 Å². The Bertz CT molecular complexity index is 1480. The molecular weight excluding hydrogens is 468 g/mol. The van der Waals surface area contributed by atoms with E-state index in [4.69, 9.17) is 10.4 Å². The summed E-state index contributed by atoms with van der Waals surface area (Å²) in [5.41, 5.74) is 7.98. The van der Waals surface area contributed by atoms with Crippen LogP contribution < -0.4 is 4.90 Å². The summed E-state index contributed by atoms with van der Waals surface area (Å²) in [6.07, 6.45) is 8.28. The third-order valence-corrected chi connectivity index (χ3v) is 6.05. The summed E-state index contributed by atoms with van der Waals surface area (Å²) in [6.45, 7) is 7.71. The molecule has 4 nitrogen and oxygen atoms in total. The molecule has 0 aromatic heterocycles. The van der Waals surface area contributed by atoms with Gasteiger partial charge in [-0.2, -0.15) is 5.26 Å². The molecule has 4 heteroatoms. The van der Waals surface area contributed by atoms with E-state index in [1.54, 1.807) is 18.2 Å². The van der Waals surface area contributed by atoms with Crippen LogP contribution in [0.4, 0.5) is 17.1 Å². The summed E-state index contributed by atoms with van der Waals surface area (Å²) in [6, 6.07) is 34.6. The maximum atomic E-state index is 10.9. The van der Waals surface area contributed by atoms with E-state index in [2.05, 4.69) is 90.9 Å². The van der Waals surface area contributed by atoms with Crippen LogP contribution in [-0.4, -0.2) is 11.1 Å². The molecule has 0 aliphatic heterocycles. The number of hydrogen-bond donors (Lipinski definition) is 1. The van der Waals surface area contributed by atoms with Crippen molar-refractivity contribution >= 4 is 41.3 Å². The van der Waals surface area contributed by atoms with Crippen molar-refractivity contribution in [3.63, 3.8) is 0 Å². The Kier molecular flexibility index (Phi) is 8.13. The zero-order chi connectivity index (χ0) is 26.9. The fourth-order valence-electron chi connectivity index (χ4n) is 3.97. The van der Waals surface area contributed by atoms with Gasteiger partial charge in [-0.1, -0.05) is 98.1 Å². The topological polar surface area (TPSA) is 64.3 Å². The number of aliphatic carboxylic acids is 1. The molecule has 184 valence electrons. The molecule has 38 heavy (non-hydrogen) atoms. The van der Waals surface area contributed by atoms with Gasteiger partial charge in [-0.3, -0.25) is 0 Å². The minimum Gasteiger partial charge on any atom is -0.477 e. The molecule has 0 amide bonds. The van der Waals surface area contributed by atoms with E-state index in [1.165, 1.54) is 6.08 Å². The van der Waals surface area contributed by atoms with Crippen molar-refractivity contribution in [2.24, 2.45) is 0 Å². The third-order valence-electron chi connectivity index (χ3n) is 6.05. The molecule has 0 heterocycles. The molecule has 1 N–H and O–H groups in total. The van der Waals surface area contributed by atoms with E-state index >= 15 is 0 Å². The first-order chi connectivity index (χ1) is 18.5. The van der Waals surface area contributed by atoms with E-state index in [9.17, 15) is 4.79 Å². The number of carboxylic acid groups (broad SMARTS) is 1. The maximum Gasteiger partial charge on any atom is 0.346 e. The number of nitriles is 1. The Hall–Kier alpha value is -5.40. The van der Waals surface area contributed by atoms with Crippen molar-refractivity contribution in [2.75, 3.05) is 4.90 Å². The largest absolute Gasteiger partial charge is 0.477 e. The van der Waals surface area contributed by atoms with Gasteiger partial charge in [0.2, 0.25) is 0 Å². The number of carbonyl (C=O) groups is 1. The molecule has 0 aliphatic carbocycles. The van der Waals surface area contributed by atoms with Gasteiger partial charge < -0.3 is 10.0 Å². The minimum atomic E-state index is -1.24. The fourth-order valence-corrected chi connectivity index (χ4v) is 3.97. The van der Waals surface area contributed by atoms with Gasteiger partial charge in [-0.05, 0) is 70.3 Å². The summed E-state index contributed by atoms with van der Waals surface area (Å²) < 4.78 is 0. The van der Waals surface area contributed by atoms with Crippen molar-refractivity contribution in [2.45, 2.75) is 0 Å². The second-order valence-electron chi connectivity index (χ2n) is 8.45. The Labute approximate surface area is 223 Å². The van der Waals surface area contributed by atoms with E-state index in [1.807, 2.05) is 36.4 Å². The van der Waals surface area contributed by atoms with E-state index in [-0.39, 0.29) is 5.57 Å². The number of benzene rings is 4. The molecule has 0 saturated carbocycles. The molecule has 4 aromatic carbocycles. The van der Waals surface area contributed by atoms with Crippen LogP contribution in [-0.2, 0) is 4.79 Å². The summed E-state index contributed by atoms with van der Waals surface area (Å²) in [7, 11) is 0. The Morgan fingerprint density at radius 1 is 0.684 bits per heavy atom. The number of allylic oxidation sites excluding steroid dienone is 2. The second kappa shape index (κ2) is 12.0. The summed E-state index contributed by atoms with van der Waals surface area (Å²) in [5.74, 6) is -1.24. The predicted molar refractivity (Wildman–Crippen MR) is 157 cm³/mol. The Morgan fingerprint density at radius 2 is 1.08 bits per heavy atom. The summed E-state index contributed by atoms with van der Waals surface area (Å²) in [4.78, 5) is 13.1. The first kappa shape index (κ1) is 25.7. The van der Waals surface area contributed by atoms with Gasteiger partial charge >= 0.3 is 5.97 Å². The quantitative estimate of drug-likeness (QED) is 0.144. The molecule has 4 aromatic rings. The number of rotatable bonds is 9. The van der Waals surface area contributed by atoms with E-state index < -0.39 is 5.97 Å². The molecule has 0 radical (unpaired) electrons. The van der Waals surface area contributed by atoms with Gasteiger partial charge in [0.05, 0.1) is 0 Å². The lowest BCUT2D eigenvalue weighted by molar-refractivity contribution is -0.132. The van der Waals surface area contributed by atoms with E-state index in [0.717, 1.165) is 44.9 Å². The van der Waals surface area contributed by atoms with Gasteiger partial charge in [-0.15, -0.1) is 0 Å². The van der Waals surface area contributed by atoms with Crippen LogP contribution in [0.2, 0.25) is 0 Å². The average molecular weight is 495 g/mol. The normalized spacial score (nSPS) is 11.1. The molecule has 4 rings (SSSR count). The summed E-state index contributed by atoms with van der Waals surface area (Å²) in [5, 5.41) is 17.8. The number of hydrogen-bond acceptors (Lipinski definition) is 3. The predicted octanol–water partition coefficient (Wildman–Crippen LogP) is 8.66. The third kappa shape index (κ3) is 6.04. The molecular formula is C34H26N2O2. The highest BCUT2D eigenvalue weighted by Crippen LogP contribution is 2.36. The maximum absolute atomic E-state index is 10.9. The average Bonchev–Trinajstić information content (AvgIpc) is 2.97. The van der Waals surface area contributed by atoms with Crippen LogP contribution in [0.25, 0.3) is 29.4 Å². The highest BCUT2D eigenvalue weighted by atomic mass is 16.4. The molecule has 0 spiro atoms. The minimum absolute atomic E-state index is 0.305. The zero-order valence-electron chi connectivity index (χ0n) is 20.8. The van der Waals surface area contributed by atoms with Crippen molar-refractivity contribution in [3.05, 3.63) is 145 Å². The first-order valence-corrected chi connectivity index (χ1v) is 12.0. The monoisotopic (exact) mass is 494 g/mol. The molecule has 0 aliphatic rings. The SMILES string of the molecule is C=Cc1ccc(N(c2ccc(C=C)cc2)c2ccc(-c3ccc(/C=C/C=C(/C#N)C(=O)O)cc3)cc2)cc1. The Morgan fingerprint density at radius 3 is 1.47 bits per heavy atom. The van der Waals surface area contributed by atoms with Crippen LogP contribution in [0.15, 0.2) is 128 Å². The summed E-state index contributed by atoms with van der Waals surface area (Å²) >= 11 is 0. The highest BCUT2D eigenvalue weighted by Gasteiger charge is 2.13. The smallest absolute Gasteiger partial charge is 0.346 e. The lowest BCUT2D eigenvalue weighted by Gasteiger charge is -2.26. The van der Waals surface area contributed by atoms with Crippen LogP contribution in [0.3, 0.4) is 0 Å². The standard InChI is InChI=1S/C34H26N2O2/c1-3-25-10-18-31(19-11-25)36(32-20-12-26(4-2)13-21-32)33-22-16-29(17-23-33)28-14-8-27(9-15-28)6-5-7-30(24-35)34(37)38/h3-23H,1-2H2,(H,37,38)/b6-5+,30-7-. The van der Waals surface area contributed by atoms with Crippen LogP contribution in [0.5, 0.6) is 0 Å². The molecule has 0 atom stereocenters. The van der Waals surface area contributed by atoms with Crippen molar-refractivity contribution in [1.82, 2.24) is 0 Å². The molecule has 0 bridgehead atoms. The van der Waals surface area contributed by atoms with Gasteiger partial charge in [0.1, 0.15) is 11.6 Å². The van der Waals surface area contributed by atoms with Crippen LogP contribution in [0, 0.1) is 11.3 Å². The first-order valence-electron chi connectivity index (χ1n) is 12.0. The lowest BCUT2D eigenvalue weighted by Crippen LogP contribution is -2.09. The van der Waals surface area contributed by atoms with Crippen LogP contribution >= 0.6 is 0 Å². The second-order valence-corrected chi connectivity index (χ2v) is 8.45. The van der Waals surface area contributed by atoms with Gasteiger partial charge in [0.25, 0.3) is 0 Å². The van der Waals surface area contributed by atoms with Gasteiger partial charge in [-0.25, -0.2) is 4.79 Å². The fraction of sp³-hybridized carbons (Fsp3) is 0. The number of anilines is 3. The molecule has 0 saturated heterocycles. The molecule has 0 unspecified atom stereocenters. The lowest BCUT2D eigenvalue weighted by atomic mass is 10.0. The van der Waals surface area contributed by atoms with Crippen LogP contribution in [0.1, 0.15) is 16.7 Å². The van der Waals surface area contributed by atoms with Crippen molar-refractivity contribution < 1.29 is 9.90 Å². The number of carboxylic acids is 1. The highest BCUT2D eigenvalue weighted by molar-refractivity contribution is 5.91. The van der Waals surface area contributed by atoms with Crippen molar-refractivity contribution in [3.8, 4) is 17.2 Å². The van der Waals surface area contributed by atoms with Gasteiger partial charge in [0, 0.05) is 17.1 Å². The number of nitrogens with zero attached hydrogens (tertiary/aromatic N) is 2. The van der Waals surface area contributed by atoms with Crippen molar-refractivity contribution in [1.29, 1.82) is 5.26 Å².